The van der Waals surface area contributed by atoms with E-state index in [0.29, 0.717) is 23.0 Å². The molecule has 0 aliphatic heterocycles. The van der Waals surface area contributed by atoms with Gasteiger partial charge in [0.15, 0.2) is 5.78 Å². The van der Waals surface area contributed by atoms with Crippen molar-refractivity contribution in [3.05, 3.63) is 71.3 Å². The standard InChI is InChI=1S/C23H30O2/c1-16(2)15-21(17(3)4)23(5,25)20-13-11-19(12-14-20)22(24)18-9-7-6-8-10-18/h6-14,16-17,21,25H,15H2,1-5H3. The Balaban J connectivity index is 2.27. The Morgan fingerprint density at radius 2 is 1.44 bits per heavy atom. The number of aliphatic hydroxyl groups is 1. The summed E-state index contributed by atoms with van der Waals surface area (Å²) in [6, 6.07) is 16.7. The smallest absolute Gasteiger partial charge is 0.193 e. The maximum absolute atomic E-state index is 12.5. The Hall–Kier alpha value is -1.93. The van der Waals surface area contributed by atoms with Crippen molar-refractivity contribution in [3.8, 4) is 0 Å². The number of hydrogen-bond donors (Lipinski definition) is 1. The molecule has 0 fully saturated rings. The first-order chi connectivity index (χ1) is 11.7. The summed E-state index contributed by atoms with van der Waals surface area (Å²) in [5.41, 5.74) is 1.29. The van der Waals surface area contributed by atoms with Gasteiger partial charge in [0, 0.05) is 11.1 Å². The molecule has 134 valence electrons. The SMILES string of the molecule is CC(C)CC(C(C)C)C(C)(O)c1ccc(C(=O)c2ccccc2)cc1. The highest BCUT2D eigenvalue weighted by molar-refractivity contribution is 6.08. The van der Waals surface area contributed by atoms with Crippen molar-refractivity contribution in [2.75, 3.05) is 0 Å². The van der Waals surface area contributed by atoms with Crippen molar-refractivity contribution < 1.29 is 9.90 Å². The lowest BCUT2D eigenvalue weighted by molar-refractivity contribution is -0.0349. The number of hydrogen-bond acceptors (Lipinski definition) is 2. The van der Waals surface area contributed by atoms with Crippen LogP contribution in [0.4, 0.5) is 0 Å². The first-order valence-electron chi connectivity index (χ1n) is 9.16. The molecule has 2 aromatic rings. The normalized spacial score (nSPS) is 15.2. The lowest BCUT2D eigenvalue weighted by Gasteiger charge is -2.37. The summed E-state index contributed by atoms with van der Waals surface area (Å²) in [4.78, 5) is 12.5. The van der Waals surface area contributed by atoms with E-state index in [0.717, 1.165) is 12.0 Å². The van der Waals surface area contributed by atoms with Crippen molar-refractivity contribution >= 4 is 5.78 Å². The quantitative estimate of drug-likeness (QED) is 0.682. The van der Waals surface area contributed by atoms with Gasteiger partial charge < -0.3 is 5.11 Å². The van der Waals surface area contributed by atoms with Gasteiger partial charge in [0.25, 0.3) is 0 Å². The van der Waals surface area contributed by atoms with E-state index in [2.05, 4.69) is 27.7 Å². The van der Waals surface area contributed by atoms with E-state index in [4.69, 9.17) is 0 Å². The van der Waals surface area contributed by atoms with Crippen molar-refractivity contribution in [1.82, 2.24) is 0 Å². The van der Waals surface area contributed by atoms with Gasteiger partial charge in [-0.25, -0.2) is 0 Å². The molecule has 2 rings (SSSR count). The average Bonchev–Trinajstić information content (AvgIpc) is 2.59. The molecule has 0 amide bonds. The third-order valence-electron chi connectivity index (χ3n) is 5.02. The minimum absolute atomic E-state index is 0.00869. The number of carbonyl (C=O) groups is 1. The number of benzene rings is 2. The lowest BCUT2D eigenvalue weighted by Crippen LogP contribution is -2.36. The molecule has 0 saturated carbocycles. The van der Waals surface area contributed by atoms with Crippen LogP contribution in [0.2, 0.25) is 0 Å². The molecule has 0 spiro atoms. The average molecular weight is 338 g/mol. The molecular weight excluding hydrogens is 308 g/mol. The Bertz CT molecular complexity index is 682. The molecule has 0 saturated heterocycles. The zero-order valence-corrected chi connectivity index (χ0v) is 16.0. The van der Waals surface area contributed by atoms with Gasteiger partial charge in [-0.05, 0) is 36.7 Å². The molecular formula is C23H30O2. The molecule has 2 atom stereocenters. The van der Waals surface area contributed by atoms with Crippen molar-refractivity contribution in [1.29, 1.82) is 0 Å². The minimum atomic E-state index is -0.910. The molecule has 25 heavy (non-hydrogen) atoms. The predicted molar refractivity (Wildman–Crippen MR) is 104 cm³/mol. The summed E-state index contributed by atoms with van der Waals surface area (Å²) in [5, 5.41) is 11.2. The fraction of sp³-hybridized carbons (Fsp3) is 0.435. The van der Waals surface area contributed by atoms with Gasteiger partial charge in [0.05, 0.1) is 5.60 Å². The fourth-order valence-electron chi connectivity index (χ4n) is 3.59. The van der Waals surface area contributed by atoms with Gasteiger partial charge in [-0.15, -0.1) is 0 Å². The molecule has 2 unspecified atom stereocenters. The molecule has 2 heteroatoms. The highest BCUT2D eigenvalue weighted by Crippen LogP contribution is 2.38. The van der Waals surface area contributed by atoms with E-state index in [9.17, 15) is 9.90 Å². The van der Waals surface area contributed by atoms with Gasteiger partial charge in [0.1, 0.15) is 0 Å². The summed E-state index contributed by atoms with van der Waals surface area (Å²) >= 11 is 0. The van der Waals surface area contributed by atoms with E-state index >= 15 is 0 Å². The molecule has 0 aliphatic rings. The Kier molecular flexibility index (Phi) is 6.18. The summed E-state index contributed by atoms with van der Waals surface area (Å²) in [6.07, 6.45) is 0.968. The molecule has 0 bridgehead atoms. The highest BCUT2D eigenvalue weighted by Gasteiger charge is 2.36. The van der Waals surface area contributed by atoms with Gasteiger partial charge in [-0.3, -0.25) is 4.79 Å². The van der Waals surface area contributed by atoms with E-state index in [-0.39, 0.29) is 11.7 Å². The number of ketones is 1. The number of carbonyl (C=O) groups excluding carboxylic acids is 1. The summed E-state index contributed by atoms with van der Waals surface area (Å²) < 4.78 is 0. The Labute approximate surface area is 151 Å². The first-order valence-corrected chi connectivity index (χ1v) is 9.16. The molecule has 2 nitrogen and oxygen atoms in total. The zero-order chi connectivity index (χ0) is 18.6. The van der Waals surface area contributed by atoms with Crippen LogP contribution >= 0.6 is 0 Å². The van der Waals surface area contributed by atoms with Crippen molar-refractivity contribution in [2.24, 2.45) is 17.8 Å². The number of rotatable bonds is 7. The molecule has 2 aromatic carbocycles. The second-order valence-corrected chi connectivity index (χ2v) is 7.90. The van der Waals surface area contributed by atoms with Gasteiger partial charge in [-0.2, -0.15) is 0 Å². The monoisotopic (exact) mass is 338 g/mol. The summed E-state index contributed by atoms with van der Waals surface area (Å²) in [5.74, 6) is 1.08. The van der Waals surface area contributed by atoms with Crippen LogP contribution in [0.1, 0.15) is 62.5 Å². The predicted octanol–water partition coefficient (Wildman–Crippen LogP) is 5.44. The minimum Gasteiger partial charge on any atom is -0.385 e. The summed E-state index contributed by atoms with van der Waals surface area (Å²) in [7, 11) is 0. The highest BCUT2D eigenvalue weighted by atomic mass is 16.3. The zero-order valence-electron chi connectivity index (χ0n) is 16.0. The first kappa shape index (κ1) is 19.4. The maximum Gasteiger partial charge on any atom is 0.193 e. The van der Waals surface area contributed by atoms with Crippen LogP contribution in [0.5, 0.6) is 0 Å². The molecule has 0 radical (unpaired) electrons. The van der Waals surface area contributed by atoms with Crippen LogP contribution in [0.25, 0.3) is 0 Å². The molecule has 1 N–H and O–H groups in total. The molecule has 0 heterocycles. The van der Waals surface area contributed by atoms with Crippen LogP contribution < -0.4 is 0 Å². The van der Waals surface area contributed by atoms with E-state index in [1.54, 1.807) is 0 Å². The summed E-state index contributed by atoms with van der Waals surface area (Å²) in [6.45, 7) is 10.6. The molecule has 0 aromatic heterocycles. The largest absolute Gasteiger partial charge is 0.385 e. The van der Waals surface area contributed by atoms with Crippen molar-refractivity contribution in [2.45, 2.75) is 46.6 Å². The van der Waals surface area contributed by atoms with E-state index < -0.39 is 5.60 Å². The Morgan fingerprint density at radius 1 is 0.920 bits per heavy atom. The topological polar surface area (TPSA) is 37.3 Å². The maximum atomic E-state index is 12.5. The van der Waals surface area contributed by atoms with Crippen LogP contribution in [0, 0.1) is 17.8 Å². The van der Waals surface area contributed by atoms with Crippen LogP contribution in [-0.4, -0.2) is 10.9 Å². The fourth-order valence-corrected chi connectivity index (χ4v) is 3.59. The van der Waals surface area contributed by atoms with Crippen LogP contribution in [0.15, 0.2) is 54.6 Å². The van der Waals surface area contributed by atoms with E-state index in [1.807, 2.05) is 61.5 Å². The van der Waals surface area contributed by atoms with Gasteiger partial charge in [0.2, 0.25) is 0 Å². The molecule has 0 aliphatic carbocycles. The van der Waals surface area contributed by atoms with Gasteiger partial charge >= 0.3 is 0 Å². The van der Waals surface area contributed by atoms with Crippen LogP contribution in [-0.2, 0) is 5.60 Å². The Morgan fingerprint density at radius 3 is 1.92 bits per heavy atom. The second-order valence-electron chi connectivity index (χ2n) is 7.90. The van der Waals surface area contributed by atoms with E-state index in [1.165, 1.54) is 0 Å². The third kappa shape index (κ3) is 4.58. The van der Waals surface area contributed by atoms with Gasteiger partial charge in [-0.1, -0.05) is 82.3 Å². The second kappa shape index (κ2) is 7.97. The van der Waals surface area contributed by atoms with Crippen LogP contribution in [0.3, 0.4) is 0 Å². The third-order valence-corrected chi connectivity index (χ3v) is 5.02. The van der Waals surface area contributed by atoms with Crippen molar-refractivity contribution in [3.63, 3.8) is 0 Å². The lowest BCUT2D eigenvalue weighted by atomic mass is 9.72.